The first-order valence-corrected chi connectivity index (χ1v) is 8.20. The molecule has 8 nitrogen and oxygen atoms in total. The Kier molecular flexibility index (Phi) is 6.32. The first-order valence-electron chi connectivity index (χ1n) is 7.82. The lowest BCUT2D eigenvalue weighted by molar-refractivity contribution is -0.384. The maximum Gasteiger partial charge on any atom is 0.275 e. The van der Waals surface area contributed by atoms with Crippen LogP contribution in [0, 0.1) is 24.0 Å². The highest BCUT2D eigenvalue weighted by Crippen LogP contribution is 2.28. The van der Waals surface area contributed by atoms with E-state index in [0.717, 1.165) is 12.1 Å². The molecule has 1 amide bonds. The molecule has 0 aliphatic heterocycles. The molecule has 0 saturated carbocycles. The lowest BCUT2D eigenvalue weighted by Crippen LogP contribution is -2.25. The number of alkyl halides is 2. The van der Waals surface area contributed by atoms with Crippen molar-refractivity contribution in [3.05, 3.63) is 44.7 Å². The van der Waals surface area contributed by atoms with E-state index in [1.165, 1.54) is 10.7 Å². The van der Waals surface area contributed by atoms with Crippen LogP contribution in [0.15, 0.2) is 18.2 Å². The molecular weight excluding hydrogens is 386 g/mol. The molecule has 1 heterocycles. The summed E-state index contributed by atoms with van der Waals surface area (Å²) in [5, 5.41) is 18.2. The van der Waals surface area contributed by atoms with E-state index < -0.39 is 35.6 Å². The van der Waals surface area contributed by atoms with Crippen LogP contribution in [0.5, 0.6) is 5.75 Å². The second-order valence-electron chi connectivity index (χ2n) is 5.77. The van der Waals surface area contributed by atoms with Crippen LogP contribution < -0.4 is 10.1 Å². The Morgan fingerprint density at radius 3 is 2.59 bits per heavy atom. The molecule has 0 aliphatic rings. The second-order valence-corrected chi connectivity index (χ2v) is 6.15. The summed E-state index contributed by atoms with van der Waals surface area (Å²) in [5.41, 5.74) is 0.792. The molecule has 1 unspecified atom stereocenters. The smallest absolute Gasteiger partial charge is 0.275 e. The molecule has 0 bridgehead atoms. The normalized spacial score (nSPS) is 12.1. The van der Waals surface area contributed by atoms with E-state index in [9.17, 15) is 23.7 Å². The summed E-state index contributed by atoms with van der Waals surface area (Å²) in [4.78, 5) is 22.8. The van der Waals surface area contributed by atoms with Crippen molar-refractivity contribution in [1.82, 2.24) is 9.78 Å². The van der Waals surface area contributed by atoms with Gasteiger partial charge in [-0.1, -0.05) is 11.6 Å². The molecule has 0 spiro atoms. The van der Waals surface area contributed by atoms with E-state index in [2.05, 4.69) is 10.4 Å². The van der Waals surface area contributed by atoms with Crippen LogP contribution in [-0.2, 0) is 4.79 Å². The van der Waals surface area contributed by atoms with Crippen molar-refractivity contribution in [3.63, 3.8) is 0 Å². The summed E-state index contributed by atoms with van der Waals surface area (Å²) in [6.45, 7) is 4.06. The van der Waals surface area contributed by atoms with E-state index in [-0.39, 0.29) is 11.4 Å². The molecule has 27 heavy (non-hydrogen) atoms. The molecule has 0 saturated heterocycles. The zero-order chi connectivity index (χ0) is 20.3. The average molecular weight is 403 g/mol. The maximum absolute atomic E-state index is 12.5. The van der Waals surface area contributed by atoms with Crippen molar-refractivity contribution >= 4 is 28.9 Å². The number of nitro groups is 1. The standard InChI is InChI=1S/C16H17ClF2N4O4/c1-8-15(17)9(2)22(21-8)10(3)16(24)20-11-4-12(23(25)26)6-13(5-11)27-7-14(18)19/h4-6,10,14H,7H2,1-3H3,(H,20,24). The number of carbonyl (C=O) groups is 1. The lowest BCUT2D eigenvalue weighted by Gasteiger charge is -2.15. The summed E-state index contributed by atoms with van der Waals surface area (Å²) in [6, 6.07) is 2.57. The van der Waals surface area contributed by atoms with Crippen LogP contribution in [0.2, 0.25) is 5.02 Å². The quantitative estimate of drug-likeness (QED) is 0.559. The van der Waals surface area contributed by atoms with Gasteiger partial charge in [-0.25, -0.2) is 8.78 Å². The molecule has 2 aromatic rings. The predicted octanol–water partition coefficient (Wildman–Crippen LogP) is 3.91. The number of halogens is 3. The Morgan fingerprint density at radius 2 is 2.07 bits per heavy atom. The number of aromatic nitrogens is 2. The van der Waals surface area contributed by atoms with Gasteiger partial charge in [0.2, 0.25) is 5.91 Å². The third-order valence-corrected chi connectivity index (χ3v) is 4.28. The number of nitro benzene ring substituents is 1. The number of rotatable bonds is 7. The van der Waals surface area contributed by atoms with E-state index in [1.54, 1.807) is 20.8 Å². The number of anilines is 1. The number of carbonyl (C=O) groups excluding carboxylic acids is 1. The largest absolute Gasteiger partial charge is 0.487 e. The molecule has 1 aromatic heterocycles. The molecule has 146 valence electrons. The summed E-state index contributed by atoms with van der Waals surface area (Å²) >= 11 is 6.08. The SMILES string of the molecule is Cc1nn(C(C)C(=O)Nc2cc(OCC(F)F)cc([N+](=O)[O-])c2)c(C)c1Cl. The van der Waals surface area contributed by atoms with Crippen LogP contribution in [0.3, 0.4) is 0 Å². The zero-order valence-electron chi connectivity index (χ0n) is 14.7. The van der Waals surface area contributed by atoms with Gasteiger partial charge >= 0.3 is 0 Å². The number of nitrogens with zero attached hydrogens (tertiary/aromatic N) is 3. The summed E-state index contributed by atoms with van der Waals surface area (Å²) in [7, 11) is 0. The third kappa shape index (κ3) is 4.91. The summed E-state index contributed by atoms with van der Waals surface area (Å²) < 4.78 is 30.9. The van der Waals surface area contributed by atoms with E-state index in [4.69, 9.17) is 16.3 Å². The highest BCUT2D eigenvalue weighted by atomic mass is 35.5. The Labute approximate surface area is 158 Å². The number of ether oxygens (including phenoxy) is 1. The summed E-state index contributed by atoms with van der Waals surface area (Å²) in [5.74, 6) is -0.667. The molecule has 11 heteroatoms. The predicted molar refractivity (Wildman–Crippen MR) is 94.6 cm³/mol. The third-order valence-electron chi connectivity index (χ3n) is 3.73. The number of non-ortho nitro benzene ring substituents is 1. The van der Waals surface area contributed by atoms with Gasteiger partial charge in [0, 0.05) is 12.1 Å². The highest BCUT2D eigenvalue weighted by Gasteiger charge is 2.22. The molecule has 1 aromatic carbocycles. The van der Waals surface area contributed by atoms with Gasteiger partial charge in [-0.05, 0) is 20.8 Å². The topological polar surface area (TPSA) is 99.3 Å². The summed E-state index contributed by atoms with van der Waals surface area (Å²) in [6.07, 6.45) is -2.74. The number of amides is 1. The highest BCUT2D eigenvalue weighted by molar-refractivity contribution is 6.31. The number of benzene rings is 1. The number of nitrogens with one attached hydrogen (secondary N) is 1. The van der Waals surface area contributed by atoms with Crippen LogP contribution in [0.1, 0.15) is 24.4 Å². The molecule has 1 N–H and O–H groups in total. The van der Waals surface area contributed by atoms with E-state index in [0.29, 0.717) is 16.4 Å². The van der Waals surface area contributed by atoms with Crippen LogP contribution in [0.4, 0.5) is 20.2 Å². The van der Waals surface area contributed by atoms with Crippen molar-refractivity contribution in [1.29, 1.82) is 0 Å². The molecule has 0 radical (unpaired) electrons. The minimum Gasteiger partial charge on any atom is -0.487 e. The van der Waals surface area contributed by atoms with E-state index >= 15 is 0 Å². The Bertz CT molecular complexity index is 872. The van der Waals surface area contributed by atoms with Crippen molar-refractivity contribution in [3.8, 4) is 5.75 Å². The van der Waals surface area contributed by atoms with Crippen LogP contribution in [0.25, 0.3) is 0 Å². The molecule has 1 atom stereocenters. The Hall–Kier alpha value is -2.75. The molecule has 0 fully saturated rings. The van der Waals surface area contributed by atoms with Crippen molar-refractivity contribution in [2.75, 3.05) is 11.9 Å². The average Bonchev–Trinajstić information content (AvgIpc) is 2.86. The van der Waals surface area contributed by atoms with Gasteiger partial charge in [0.1, 0.15) is 18.4 Å². The first-order chi connectivity index (χ1) is 12.6. The number of aryl methyl sites for hydroxylation is 1. The zero-order valence-corrected chi connectivity index (χ0v) is 15.5. The number of hydrogen-bond donors (Lipinski definition) is 1. The monoisotopic (exact) mass is 402 g/mol. The minimum atomic E-state index is -2.74. The molecule has 0 aliphatic carbocycles. The van der Waals surface area contributed by atoms with Gasteiger partial charge < -0.3 is 10.1 Å². The van der Waals surface area contributed by atoms with E-state index in [1.807, 2.05) is 0 Å². The van der Waals surface area contributed by atoms with Gasteiger partial charge in [0.25, 0.3) is 12.1 Å². The van der Waals surface area contributed by atoms with Crippen LogP contribution in [-0.4, -0.2) is 33.6 Å². The fourth-order valence-corrected chi connectivity index (χ4v) is 2.51. The number of hydrogen-bond acceptors (Lipinski definition) is 5. The van der Waals surface area contributed by atoms with Crippen molar-refractivity contribution < 1.29 is 23.2 Å². The first kappa shape index (κ1) is 20.6. The van der Waals surface area contributed by atoms with Crippen molar-refractivity contribution in [2.45, 2.75) is 33.2 Å². The van der Waals surface area contributed by atoms with Crippen LogP contribution >= 0.6 is 11.6 Å². The Morgan fingerprint density at radius 1 is 1.41 bits per heavy atom. The van der Waals surface area contributed by atoms with Gasteiger partial charge in [-0.2, -0.15) is 5.10 Å². The molecule has 2 rings (SSSR count). The fraction of sp³-hybridized carbons (Fsp3) is 0.375. The second kappa shape index (κ2) is 8.30. The van der Waals surface area contributed by atoms with Gasteiger partial charge in [-0.15, -0.1) is 0 Å². The van der Waals surface area contributed by atoms with Gasteiger partial charge in [0.05, 0.1) is 33.1 Å². The van der Waals surface area contributed by atoms with Crippen molar-refractivity contribution in [2.24, 2.45) is 0 Å². The Balaban J connectivity index is 2.25. The maximum atomic E-state index is 12.5. The van der Waals surface area contributed by atoms with Gasteiger partial charge in [-0.3, -0.25) is 19.6 Å². The fourth-order valence-electron chi connectivity index (χ4n) is 2.38. The molecular formula is C16H17ClF2N4O4. The lowest BCUT2D eigenvalue weighted by atomic mass is 10.2. The minimum absolute atomic E-state index is 0.0398. The van der Waals surface area contributed by atoms with Gasteiger partial charge in [0.15, 0.2) is 0 Å².